The lowest BCUT2D eigenvalue weighted by Gasteiger charge is -2.14. The molecule has 126 valence electrons. The Bertz CT molecular complexity index is 547. The summed E-state index contributed by atoms with van der Waals surface area (Å²) in [5.41, 5.74) is 0. The molecule has 0 heterocycles. The zero-order valence-corrected chi connectivity index (χ0v) is 13.7. The summed E-state index contributed by atoms with van der Waals surface area (Å²) in [6.45, 7) is 3.26. The van der Waals surface area contributed by atoms with Crippen LogP contribution in [0.3, 0.4) is 0 Å². The fourth-order valence-electron chi connectivity index (χ4n) is 1.46. The Balaban J connectivity index is 2.33. The van der Waals surface area contributed by atoms with E-state index in [4.69, 9.17) is 21.1 Å². The number of imide groups is 1. The molecular formula is C15H19ClN2O5. The van der Waals surface area contributed by atoms with E-state index in [-0.39, 0.29) is 0 Å². The summed E-state index contributed by atoms with van der Waals surface area (Å²) in [6.07, 6.45) is -0.159. The quantitative estimate of drug-likeness (QED) is 0.738. The third kappa shape index (κ3) is 7.51. The number of hydrogen-bond donors (Lipinski definition) is 2. The molecule has 0 spiro atoms. The number of rotatable bonds is 7. The van der Waals surface area contributed by atoms with E-state index in [0.29, 0.717) is 17.3 Å². The van der Waals surface area contributed by atoms with Crippen molar-refractivity contribution < 1.29 is 23.9 Å². The second-order valence-electron chi connectivity index (χ2n) is 4.63. The van der Waals surface area contributed by atoms with E-state index in [2.05, 4.69) is 5.32 Å². The van der Waals surface area contributed by atoms with Gasteiger partial charge in [-0.1, -0.05) is 18.5 Å². The molecular weight excluding hydrogens is 324 g/mol. The summed E-state index contributed by atoms with van der Waals surface area (Å²) in [6, 6.07) is 5.83. The molecule has 0 aromatic heterocycles. The number of esters is 1. The summed E-state index contributed by atoms with van der Waals surface area (Å²) in [5.74, 6) is -0.989. The van der Waals surface area contributed by atoms with Gasteiger partial charge in [-0.25, -0.2) is 9.59 Å². The van der Waals surface area contributed by atoms with Gasteiger partial charge in [0.05, 0.1) is 0 Å². The van der Waals surface area contributed by atoms with Crippen molar-refractivity contribution in [1.29, 1.82) is 0 Å². The zero-order valence-electron chi connectivity index (χ0n) is 12.9. The number of carbonyl (C=O) groups is 3. The van der Waals surface area contributed by atoms with Crippen molar-refractivity contribution in [3.8, 4) is 5.75 Å². The number of urea groups is 1. The van der Waals surface area contributed by atoms with E-state index >= 15 is 0 Å². The van der Waals surface area contributed by atoms with Gasteiger partial charge in [0.15, 0.2) is 12.7 Å². The van der Waals surface area contributed by atoms with Crippen LogP contribution in [0.25, 0.3) is 0 Å². The molecule has 0 bridgehead atoms. The number of ether oxygens (including phenoxy) is 2. The Labute approximate surface area is 139 Å². The number of carbonyl (C=O) groups excluding carboxylic acids is 3. The number of nitrogens with one attached hydrogen (secondary N) is 2. The number of hydrogen-bond acceptors (Lipinski definition) is 5. The molecule has 3 amide bonds. The maximum Gasteiger partial charge on any atom is 0.347 e. The smallest absolute Gasteiger partial charge is 0.347 e. The molecule has 0 radical (unpaired) electrons. The lowest BCUT2D eigenvalue weighted by atomic mass is 10.3. The van der Waals surface area contributed by atoms with Gasteiger partial charge in [-0.15, -0.1) is 0 Å². The van der Waals surface area contributed by atoms with Crippen molar-refractivity contribution in [3.63, 3.8) is 0 Å². The molecule has 1 aromatic carbocycles. The molecule has 0 aliphatic carbocycles. The Morgan fingerprint density at radius 1 is 1.22 bits per heavy atom. The Kier molecular flexibility index (Phi) is 7.90. The van der Waals surface area contributed by atoms with Gasteiger partial charge >= 0.3 is 12.0 Å². The molecule has 2 N–H and O–H groups in total. The first-order valence-electron chi connectivity index (χ1n) is 7.09. The number of amides is 3. The van der Waals surface area contributed by atoms with Crippen LogP contribution in [0.5, 0.6) is 5.75 Å². The molecule has 1 atom stereocenters. The highest BCUT2D eigenvalue weighted by molar-refractivity contribution is 6.30. The third-order valence-electron chi connectivity index (χ3n) is 2.59. The molecule has 0 aliphatic heterocycles. The minimum Gasteiger partial charge on any atom is -0.479 e. The molecule has 0 aliphatic rings. The van der Waals surface area contributed by atoms with Gasteiger partial charge in [0.1, 0.15) is 5.75 Å². The van der Waals surface area contributed by atoms with Crippen LogP contribution in [-0.2, 0) is 14.3 Å². The number of halogens is 1. The van der Waals surface area contributed by atoms with Crippen LogP contribution in [0.4, 0.5) is 4.79 Å². The van der Waals surface area contributed by atoms with Crippen molar-refractivity contribution in [2.75, 3.05) is 13.2 Å². The van der Waals surface area contributed by atoms with Crippen LogP contribution in [-0.4, -0.2) is 37.2 Å². The predicted molar refractivity (Wildman–Crippen MR) is 84.3 cm³/mol. The summed E-state index contributed by atoms with van der Waals surface area (Å²) < 4.78 is 10.1. The monoisotopic (exact) mass is 342 g/mol. The van der Waals surface area contributed by atoms with Crippen molar-refractivity contribution in [1.82, 2.24) is 10.6 Å². The van der Waals surface area contributed by atoms with Crippen LogP contribution < -0.4 is 15.4 Å². The fraction of sp³-hybridized carbons (Fsp3) is 0.400. The first-order valence-corrected chi connectivity index (χ1v) is 7.46. The van der Waals surface area contributed by atoms with Crippen molar-refractivity contribution in [2.24, 2.45) is 0 Å². The van der Waals surface area contributed by atoms with Gasteiger partial charge < -0.3 is 14.8 Å². The van der Waals surface area contributed by atoms with E-state index in [1.54, 1.807) is 24.3 Å². The van der Waals surface area contributed by atoms with Gasteiger partial charge in [-0.05, 0) is 37.6 Å². The van der Waals surface area contributed by atoms with E-state index in [9.17, 15) is 14.4 Å². The summed E-state index contributed by atoms with van der Waals surface area (Å²) >= 11 is 5.74. The molecule has 7 nitrogen and oxygen atoms in total. The Morgan fingerprint density at radius 3 is 2.48 bits per heavy atom. The van der Waals surface area contributed by atoms with E-state index in [1.807, 2.05) is 12.2 Å². The predicted octanol–water partition coefficient (Wildman–Crippen LogP) is 1.89. The summed E-state index contributed by atoms with van der Waals surface area (Å²) in [4.78, 5) is 34.4. The van der Waals surface area contributed by atoms with E-state index < -0.39 is 30.6 Å². The maximum absolute atomic E-state index is 11.7. The topological polar surface area (TPSA) is 93.7 Å². The lowest BCUT2D eigenvalue weighted by molar-refractivity contribution is -0.154. The van der Waals surface area contributed by atoms with Gasteiger partial charge in [0.2, 0.25) is 0 Å². The van der Waals surface area contributed by atoms with Gasteiger partial charge in [-0.3, -0.25) is 10.1 Å². The summed E-state index contributed by atoms with van der Waals surface area (Å²) in [7, 11) is 0. The van der Waals surface area contributed by atoms with E-state index in [0.717, 1.165) is 6.42 Å². The average Bonchev–Trinajstić information content (AvgIpc) is 2.52. The van der Waals surface area contributed by atoms with Crippen LogP contribution in [0, 0.1) is 0 Å². The molecule has 1 rings (SSSR count). The van der Waals surface area contributed by atoms with Crippen LogP contribution in [0.2, 0.25) is 5.02 Å². The minimum absolute atomic E-state index is 0.447. The maximum atomic E-state index is 11.7. The molecule has 8 heteroatoms. The van der Waals surface area contributed by atoms with Crippen molar-refractivity contribution in [2.45, 2.75) is 26.4 Å². The first-order chi connectivity index (χ1) is 10.9. The van der Waals surface area contributed by atoms with Crippen molar-refractivity contribution in [3.05, 3.63) is 29.3 Å². The molecule has 0 unspecified atom stereocenters. The van der Waals surface area contributed by atoms with Crippen LogP contribution >= 0.6 is 11.6 Å². The highest BCUT2D eigenvalue weighted by Crippen LogP contribution is 2.17. The Hall–Kier alpha value is -2.28. The fourth-order valence-corrected chi connectivity index (χ4v) is 1.59. The van der Waals surface area contributed by atoms with Gasteiger partial charge in [0.25, 0.3) is 5.91 Å². The highest BCUT2D eigenvalue weighted by Gasteiger charge is 2.18. The average molecular weight is 343 g/mol. The van der Waals surface area contributed by atoms with Crippen molar-refractivity contribution >= 4 is 29.5 Å². The minimum atomic E-state index is -0.905. The molecule has 0 saturated heterocycles. The van der Waals surface area contributed by atoms with Gasteiger partial charge in [-0.2, -0.15) is 0 Å². The zero-order chi connectivity index (χ0) is 17.2. The Morgan fingerprint density at radius 2 is 1.87 bits per heavy atom. The highest BCUT2D eigenvalue weighted by atomic mass is 35.5. The molecule has 0 fully saturated rings. The third-order valence-corrected chi connectivity index (χ3v) is 2.84. The first kappa shape index (κ1) is 18.8. The SMILES string of the molecule is CCCNC(=O)NC(=O)COC(=O)[C@@H](C)Oc1ccc(Cl)cc1. The second kappa shape index (κ2) is 9.68. The molecule has 23 heavy (non-hydrogen) atoms. The summed E-state index contributed by atoms with van der Waals surface area (Å²) in [5, 5.41) is 5.05. The van der Waals surface area contributed by atoms with Gasteiger partial charge in [0, 0.05) is 11.6 Å². The second-order valence-corrected chi connectivity index (χ2v) is 5.06. The molecule has 0 saturated carbocycles. The molecule has 1 aromatic rings. The lowest BCUT2D eigenvalue weighted by Crippen LogP contribution is -2.42. The standard InChI is InChI=1S/C15H19ClN2O5/c1-3-8-17-15(21)18-13(19)9-22-14(20)10(2)23-12-6-4-11(16)5-7-12/h4-7,10H,3,8-9H2,1-2H3,(H2,17,18,19,21)/t10-/m1/s1. The number of benzene rings is 1. The largest absolute Gasteiger partial charge is 0.479 e. The van der Waals surface area contributed by atoms with Crippen LogP contribution in [0.15, 0.2) is 24.3 Å². The van der Waals surface area contributed by atoms with Crippen LogP contribution in [0.1, 0.15) is 20.3 Å². The van der Waals surface area contributed by atoms with E-state index in [1.165, 1.54) is 6.92 Å². The normalized spacial score (nSPS) is 11.3.